The second-order valence-corrected chi connectivity index (χ2v) is 3.40. The molecular formula is C9H12N2O2. The molecule has 0 radical (unpaired) electrons. The molecule has 1 N–H and O–H groups in total. The lowest BCUT2D eigenvalue weighted by Crippen LogP contribution is -2.04. The Kier molecular flexibility index (Phi) is 1.83. The highest BCUT2D eigenvalue weighted by Crippen LogP contribution is 2.32. The van der Waals surface area contributed by atoms with Crippen molar-refractivity contribution < 1.29 is 9.53 Å². The van der Waals surface area contributed by atoms with E-state index in [9.17, 15) is 4.79 Å². The maximum Gasteiger partial charge on any atom is 0.358 e. The lowest BCUT2D eigenvalue weighted by atomic mass is 10.1. The molecule has 2 rings (SSSR count). The predicted octanol–water partition coefficient (Wildman–Crippen LogP) is 1.25. The number of carbonyl (C=O) groups is 1. The van der Waals surface area contributed by atoms with E-state index in [1.54, 1.807) is 0 Å². The van der Waals surface area contributed by atoms with Crippen LogP contribution in [-0.2, 0) is 11.2 Å². The smallest absolute Gasteiger partial charge is 0.358 e. The molecule has 13 heavy (non-hydrogen) atoms. The second kappa shape index (κ2) is 2.87. The van der Waals surface area contributed by atoms with Gasteiger partial charge in [-0.2, -0.15) is 5.10 Å². The first-order valence-electron chi connectivity index (χ1n) is 4.39. The molecular weight excluding hydrogens is 168 g/mol. The zero-order chi connectivity index (χ0) is 9.42. The van der Waals surface area contributed by atoms with Crippen LogP contribution in [0.15, 0.2) is 0 Å². The number of esters is 1. The van der Waals surface area contributed by atoms with Crippen molar-refractivity contribution in [3.63, 3.8) is 0 Å². The summed E-state index contributed by atoms with van der Waals surface area (Å²) >= 11 is 0. The number of aromatic amines is 1. The van der Waals surface area contributed by atoms with E-state index in [2.05, 4.69) is 21.9 Å². The first-order chi connectivity index (χ1) is 6.24. The van der Waals surface area contributed by atoms with Crippen molar-refractivity contribution in [3.8, 4) is 0 Å². The highest BCUT2D eigenvalue weighted by molar-refractivity contribution is 5.89. The number of H-pyrrole nitrogens is 1. The Morgan fingerprint density at radius 2 is 2.46 bits per heavy atom. The molecule has 1 aliphatic carbocycles. The van der Waals surface area contributed by atoms with Gasteiger partial charge in [-0.3, -0.25) is 5.10 Å². The molecule has 0 saturated carbocycles. The summed E-state index contributed by atoms with van der Waals surface area (Å²) < 4.78 is 4.63. The van der Waals surface area contributed by atoms with Crippen LogP contribution in [0.4, 0.5) is 0 Å². The minimum atomic E-state index is -0.341. The highest BCUT2D eigenvalue weighted by atomic mass is 16.5. The molecule has 0 aliphatic heterocycles. The molecule has 0 amide bonds. The van der Waals surface area contributed by atoms with Gasteiger partial charge in [-0.15, -0.1) is 0 Å². The molecule has 4 nitrogen and oxygen atoms in total. The van der Waals surface area contributed by atoms with E-state index in [-0.39, 0.29) is 5.97 Å². The number of aromatic nitrogens is 2. The lowest BCUT2D eigenvalue weighted by molar-refractivity contribution is 0.0593. The van der Waals surface area contributed by atoms with Crippen molar-refractivity contribution in [2.45, 2.75) is 25.7 Å². The number of carbonyl (C=O) groups excluding carboxylic acids is 1. The minimum absolute atomic E-state index is 0.341. The molecule has 1 heterocycles. The van der Waals surface area contributed by atoms with Crippen molar-refractivity contribution in [2.24, 2.45) is 0 Å². The molecule has 4 heteroatoms. The van der Waals surface area contributed by atoms with E-state index in [0.717, 1.165) is 24.1 Å². The summed E-state index contributed by atoms with van der Waals surface area (Å²) in [6.45, 7) is 2.13. The maximum absolute atomic E-state index is 11.2. The summed E-state index contributed by atoms with van der Waals surface area (Å²) in [6, 6.07) is 0. The van der Waals surface area contributed by atoms with Crippen molar-refractivity contribution >= 4 is 5.97 Å². The van der Waals surface area contributed by atoms with Gasteiger partial charge >= 0.3 is 5.97 Å². The lowest BCUT2D eigenvalue weighted by Gasteiger charge is -1.96. The van der Waals surface area contributed by atoms with Crippen molar-refractivity contribution in [3.05, 3.63) is 17.0 Å². The minimum Gasteiger partial charge on any atom is -0.464 e. The second-order valence-electron chi connectivity index (χ2n) is 3.40. The Morgan fingerprint density at radius 3 is 3.15 bits per heavy atom. The summed E-state index contributed by atoms with van der Waals surface area (Å²) in [5.74, 6) is 0.146. The average molecular weight is 180 g/mol. The van der Waals surface area contributed by atoms with E-state index in [1.807, 2.05) is 0 Å². The molecule has 1 aromatic rings. The van der Waals surface area contributed by atoms with Gasteiger partial charge in [-0.05, 0) is 18.8 Å². The summed E-state index contributed by atoms with van der Waals surface area (Å²) in [5.41, 5.74) is 2.60. The first-order valence-corrected chi connectivity index (χ1v) is 4.39. The molecule has 1 aliphatic rings. The highest BCUT2D eigenvalue weighted by Gasteiger charge is 2.27. The molecule has 0 spiro atoms. The van der Waals surface area contributed by atoms with Crippen LogP contribution in [-0.4, -0.2) is 23.3 Å². The van der Waals surface area contributed by atoms with Gasteiger partial charge in [0.25, 0.3) is 0 Å². The summed E-state index contributed by atoms with van der Waals surface area (Å²) in [4.78, 5) is 11.2. The molecule has 0 fully saturated rings. The number of ether oxygens (including phenoxy) is 1. The van der Waals surface area contributed by atoms with Crippen LogP contribution >= 0.6 is 0 Å². The van der Waals surface area contributed by atoms with Gasteiger partial charge in [0.05, 0.1) is 7.11 Å². The van der Waals surface area contributed by atoms with E-state index < -0.39 is 0 Å². The van der Waals surface area contributed by atoms with Crippen LogP contribution in [0.3, 0.4) is 0 Å². The fourth-order valence-corrected chi connectivity index (χ4v) is 1.81. The third-order valence-corrected chi connectivity index (χ3v) is 2.60. The number of nitrogens with one attached hydrogen (secondary N) is 1. The topological polar surface area (TPSA) is 55.0 Å². The zero-order valence-electron chi connectivity index (χ0n) is 7.76. The number of nitrogens with zero attached hydrogens (tertiary/aromatic N) is 1. The van der Waals surface area contributed by atoms with Gasteiger partial charge in [0.2, 0.25) is 0 Å². The van der Waals surface area contributed by atoms with Crippen LogP contribution < -0.4 is 0 Å². The van der Waals surface area contributed by atoms with Crippen LogP contribution in [0.5, 0.6) is 0 Å². The van der Waals surface area contributed by atoms with Gasteiger partial charge in [0, 0.05) is 11.3 Å². The monoisotopic (exact) mass is 180 g/mol. The molecule has 1 aromatic heterocycles. The number of hydrogen-bond acceptors (Lipinski definition) is 3. The number of methoxy groups -OCH3 is 1. The fourth-order valence-electron chi connectivity index (χ4n) is 1.81. The van der Waals surface area contributed by atoms with Crippen LogP contribution in [0, 0.1) is 0 Å². The van der Waals surface area contributed by atoms with E-state index >= 15 is 0 Å². The number of hydrogen-bond donors (Lipinski definition) is 1. The van der Waals surface area contributed by atoms with Gasteiger partial charge in [0.15, 0.2) is 5.69 Å². The Bertz CT molecular complexity index is 343. The SMILES string of the molecule is COC(=O)c1n[nH]c2c1CCC2C. The molecule has 0 aromatic carbocycles. The van der Waals surface area contributed by atoms with Crippen LogP contribution in [0.1, 0.15) is 41.0 Å². The molecule has 0 bridgehead atoms. The normalized spacial score (nSPS) is 20.0. The van der Waals surface area contributed by atoms with E-state index in [1.165, 1.54) is 7.11 Å². The Morgan fingerprint density at radius 1 is 1.69 bits per heavy atom. The van der Waals surface area contributed by atoms with Gasteiger partial charge in [-0.25, -0.2) is 4.79 Å². The standard InChI is InChI=1S/C9H12N2O2/c1-5-3-4-6-7(5)10-11-8(6)9(12)13-2/h5H,3-4H2,1-2H3,(H,10,11). The molecule has 0 saturated heterocycles. The Balaban J connectivity index is 2.40. The predicted molar refractivity (Wildman–Crippen MR) is 46.7 cm³/mol. The molecule has 70 valence electrons. The van der Waals surface area contributed by atoms with Gasteiger partial charge in [-0.1, -0.05) is 6.92 Å². The van der Waals surface area contributed by atoms with Crippen molar-refractivity contribution in [2.75, 3.05) is 7.11 Å². The van der Waals surface area contributed by atoms with E-state index in [4.69, 9.17) is 0 Å². The van der Waals surface area contributed by atoms with Crippen molar-refractivity contribution in [1.29, 1.82) is 0 Å². The Labute approximate surface area is 76.3 Å². The third-order valence-electron chi connectivity index (χ3n) is 2.60. The van der Waals surface area contributed by atoms with Gasteiger partial charge in [0.1, 0.15) is 0 Å². The summed E-state index contributed by atoms with van der Waals surface area (Å²) in [6.07, 6.45) is 2.02. The third kappa shape index (κ3) is 1.13. The van der Waals surface area contributed by atoms with Gasteiger partial charge < -0.3 is 4.74 Å². The zero-order valence-corrected chi connectivity index (χ0v) is 7.76. The Hall–Kier alpha value is -1.32. The van der Waals surface area contributed by atoms with Crippen LogP contribution in [0.2, 0.25) is 0 Å². The van der Waals surface area contributed by atoms with Crippen molar-refractivity contribution in [1.82, 2.24) is 10.2 Å². The van der Waals surface area contributed by atoms with E-state index in [0.29, 0.717) is 11.6 Å². The largest absolute Gasteiger partial charge is 0.464 e. The maximum atomic E-state index is 11.2. The first kappa shape index (κ1) is 8.29. The fraction of sp³-hybridized carbons (Fsp3) is 0.556. The number of fused-ring (bicyclic) bond motifs is 1. The summed E-state index contributed by atoms with van der Waals surface area (Å²) in [7, 11) is 1.38. The quantitative estimate of drug-likeness (QED) is 0.661. The molecule has 1 atom stereocenters. The van der Waals surface area contributed by atoms with Crippen LogP contribution in [0.25, 0.3) is 0 Å². The number of rotatable bonds is 1. The molecule has 1 unspecified atom stereocenters. The summed E-state index contributed by atoms with van der Waals surface area (Å²) in [5, 5.41) is 6.86. The average Bonchev–Trinajstić information content (AvgIpc) is 2.68.